The van der Waals surface area contributed by atoms with E-state index in [1.54, 1.807) is 6.92 Å². The molecule has 3 atom stereocenters. The van der Waals surface area contributed by atoms with Gasteiger partial charge < -0.3 is 25.2 Å². The summed E-state index contributed by atoms with van der Waals surface area (Å²) in [6.45, 7) is 5.47. The van der Waals surface area contributed by atoms with Crippen LogP contribution in [0.3, 0.4) is 0 Å². The predicted octanol–water partition coefficient (Wildman–Crippen LogP) is 3.54. The quantitative estimate of drug-likeness (QED) is 0.491. The van der Waals surface area contributed by atoms with E-state index in [-0.39, 0.29) is 24.9 Å². The minimum atomic E-state index is -1.19. The van der Waals surface area contributed by atoms with E-state index >= 15 is 0 Å². The first kappa shape index (κ1) is 25.2. The van der Waals surface area contributed by atoms with Crippen molar-refractivity contribution in [2.75, 3.05) is 13.7 Å². The highest BCUT2D eigenvalue weighted by Crippen LogP contribution is 2.44. The minimum Gasteiger partial charge on any atom is -0.480 e. The Balaban J connectivity index is 1.60. The Morgan fingerprint density at radius 2 is 1.50 bits per heavy atom. The van der Waals surface area contributed by atoms with Gasteiger partial charge in [-0.05, 0) is 35.1 Å². The lowest BCUT2D eigenvalue weighted by Crippen LogP contribution is -2.50. The summed E-state index contributed by atoms with van der Waals surface area (Å²) >= 11 is 0. The molecule has 8 heteroatoms. The highest BCUT2D eigenvalue weighted by atomic mass is 16.5. The van der Waals surface area contributed by atoms with Crippen molar-refractivity contribution < 1.29 is 29.0 Å². The number of hydrogen-bond acceptors (Lipinski definition) is 5. The fraction of sp³-hybridized carbons (Fsp3) is 0.423. The third-order valence-corrected chi connectivity index (χ3v) is 6.28. The van der Waals surface area contributed by atoms with E-state index in [1.807, 2.05) is 50.2 Å². The number of carbonyl (C=O) groups is 3. The molecule has 0 spiro atoms. The number of aliphatic carboxylic acids is 1. The largest absolute Gasteiger partial charge is 0.480 e. The number of carboxylic acids is 1. The Kier molecular flexibility index (Phi) is 8.28. The van der Waals surface area contributed by atoms with Crippen LogP contribution in [0, 0.1) is 5.92 Å². The number of hydrogen-bond donors (Lipinski definition) is 3. The molecule has 34 heavy (non-hydrogen) atoms. The van der Waals surface area contributed by atoms with Crippen LogP contribution in [0.15, 0.2) is 48.5 Å². The zero-order chi connectivity index (χ0) is 24.8. The minimum absolute atomic E-state index is 0.0641. The van der Waals surface area contributed by atoms with Crippen molar-refractivity contribution in [1.29, 1.82) is 0 Å². The molecule has 2 aromatic carbocycles. The molecule has 8 nitrogen and oxygen atoms in total. The van der Waals surface area contributed by atoms with Gasteiger partial charge in [-0.25, -0.2) is 9.59 Å². The average molecular weight is 469 g/mol. The molecule has 2 amide bonds. The normalized spacial score (nSPS) is 15.1. The van der Waals surface area contributed by atoms with E-state index in [1.165, 1.54) is 7.11 Å². The van der Waals surface area contributed by atoms with Gasteiger partial charge in [0.1, 0.15) is 6.61 Å². The van der Waals surface area contributed by atoms with Crippen LogP contribution in [-0.4, -0.2) is 55.0 Å². The molecule has 0 radical (unpaired) electrons. The number of amides is 2. The molecule has 0 saturated carbocycles. The van der Waals surface area contributed by atoms with Crippen molar-refractivity contribution in [3.63, 3.8) is 0 Å². The van der Waals surface area contributed by atoms with Gasteiger partial charge >= 0.3 is 12.1 Å². The maximum atomic E-state index is 12.6. The molecule has 2 aromatic rings. The van der Waals surface area contributed by atoms with Gasteiger partial charge in [0.15, 0.2) is 6.04 Å². The highest BCUT2D eigenvalue weighted by molar-refractivity contribution is 5.84. The maximum Gasteiger partial charge on any atom is 0.407 e. The fourth-order valence-electron chi connectivity index (χ4n) is 4.19. The zero-order valence-corrected chi connectivity index (χ0v) is 19.9. The molecule has 2 unspecified atom stereocenters. The van der Waals surface area contributed by atoms with E-state index in [9.17, 15) is 19.5 Å². The maximum absolute atomic E-state index is 12.6. The number of fused-ring (bicyclic) bond motifs is 3. The highest BCUT2D eigenvalue weighted by Gasteiger charge is 2.31. The molecule has 0 aliphatic heterocycles. The summed E-state index contributed by atoms with van der Waals surface area (Å²) in [5, 5.41) is 14.6. The molecule has 1 aliphatic carbocycles. The molecule has 0 aromatic heterocycles. The van der Waals surface area contributed by atoms with Crippen molar-refractivity contribution in [2.45, 2.75) is 51.3 Å². The van der Waals surface area contributed by atoms with Gasteiger partial charge in [-0.15, -0.1) is 0 Å². The van der Waals surface area contributed by atoms with Gasteiger partial charge in [-0.3, -0.25) is 4.79 Å². The van der Waals surface area contributed by atoms with Gasteiger partial charge in [0.2, 0.25) is 5.91 Å². The summed E-state index contributed by atoms with van der Waals surface area (Å²) in [4.78, 5) is 36.6. The first-order valence-corrected chi connectivity index (χ1v) is 11.4. The number of nitrogens with one attached hydrogen (secondary N) is 2. The van der Waals surface area contributed by atoms with Gasteiger partial charge in [0.25, 0.3) is 0 Å². The van der Waals surface area contributed by atoms with Crippen LogP contribution in [0.1, 0.15) is 44.2 Å². The molecule has 0 bridgehead atoms. The summed E-state index contributed by atoms with van der Waals surface area (Å²) in [7, 11) is 1.38. The van der Waals surface area contributed by atoms with Gasteiger partial charge in [0, 0.05) is 25.5 Å². The topological polar surface area (TPSA) is 114 Å². The molecule has 0 fully saturated rings. The Morgan fingerprint density at radius 1 is 0.941 bits per heavy atom. The zero-order valence-electron chi connectivity index (χ0n) is 19.9. The average Bonchev–Trinajstić information content (AvgIpc) is 3.13. The van der Waals surface area contributed by atoms with Crippen LogP contribution < -0.4 is 10.6 Å². The van der Waals surface area contributed by atoms with Crippen molar-refractivity contribution in [2.24, 2.45) is 5.92 Å². The lowest BCUT2D eigenvalue weighted by molar-refractivity contribution is -0.145. The van der Waals surface area contributed by atoms with Crippen molar-refractivity contribution in [1.82, 2.24) is 10.6 Å². The van der Waals surface area contributed by atoms with Crippen LogP contribution in [0.2, 0.25) is 0 Å². The summed E-state index contributed by atoms with van der Waals surface area (Å²) in [6, 6.07) is 14.4. The van der Waals surface area contributed by atoms with E-state index < -0.39 is 36.2 Å². The summed E-state index contributed by atoms with van der Waals surface area (Å²) in [6.07, 6.45) is -1.40. The number of alkyl carbamates (subject to hydrolysis) is 1. The van der Waals surface area contributed by atoms with Crippen molar-refractivity contribution in [3.05, 3.63) is 59.7 Å². The number of rotatable bonds is 10. The van der Waals surface area contributed by atoms with Crippen LogP contribution in [-0.2, 0) is 19.1 Å². The standard InChI is InChI=1S/C26H32N2O6/c1-15(2)22(13-23(29)28-24(25(30)31)16(3)33-4)27-26(32)34-14-21-19-11-7-5-9-17(19)18-10-6-8-12-20(18)21/h5-12,15-16,21-22,24H,13-14H2,1-4H3,(H,27,32)(H,28,29)(H,30,31)/t16?,22-,24?/m1/s1. The summed E-state index contributed by atoms with van der Waals surface area (Å²) in [5.74, 6) is -1.82. The molecule has 0 heterocycles. The van der Waals surface area contributed by atoms with Crippen LogP contribution in [0.25, 0.3) is 11.1 Å². The number of carboxylic acid groups (broad SMARTS) is 1. The first-order valence-electron chi connectivity index (χ1n) is 11.4. The molecular weight excluding hydrogens is 436 g/mol. The molecule has 1 aliphatic rings. The first-order chi connectivity index (χ1) is 16.2. The van der Waals surface area contributed by atoms with Crippen LogP contribution in [0.4, 0.5) is 4.79 Å². The Labute approximate surface area is 199 Å². The van der Waals surface area contributed by atoms with Gasteiger partial charge in [-0.1, -0.05) is 62.4 Å². The second kappa shape index (κ2) is 11.2. The smallest absolute Gasteiger partial charge is 0.407 e. The van der Waals surface area contributed by atoms with E-state index in [0.29, 0.717) is 0 Å². The van der Waals surface area contributed by atoms with E-state index in [2.05, 4.69) is 22.8 Å². The van der Waals surface area contributed by atoms with Crippen molar-refractivity contribution >= 4 is 18.0 Å². The third kappa shape index (κ3) is 5.75. The Bertz CT molecular complexity index is 992. The second-order valence-electron chi connectivity index (χ2n) is 8.85. The molecule has 182 valence electrons. The number of ether oxygens (including phenoxy) is 2. The summed E-state index contributed by atoms with van der Waals surface area (Å²) < 4.78 is 10.6. The van der Waals surface area contributed by atoms with E-state index in [0.717, 1.165) is 22.3 Å². The number of benzene rings is 2. The monoisotopic (exact) mass is 468 g/mol. The Morgan fingerprint density at radius 3 is 2.00 bits per heavy atom. The lowest BCUT2D eigenvalue weighted by atomic mass is 9.98. The third-order valence-electron chi connectivity index (χ3n) is 6.28. The molecule has 3 N–H and O–H groups in total. The van der Waals surface area contributed by atoms with Crippen molar-refractivity contribution in [3.8, 4) is 11.1 Å². The SMILES string of the molecule is COC(C)C(NC(=O)C[C@@H](NC(=O)OCC1c2ccccc2-c2ccccc21)C(C)C)C(=O)O. The molecule has 3 rings (SSSR count). The van der Waals surface area contributed by atoms with Gasteiger partial charge in [0.05, 0.1) is 6.10 Å². The van der Waals surface area contributed by atoms with Crippen LogP contribution >= 0.6 is 0 Å². The Hall–Kier alpha value is -3.39. The van der Waals surface area contributed by atoms with E-state index in [4.69, 9.17) is 9.47 Å². The number of methoxy groups -OCH3 is 1. The number of carbonyl (C=O) groups excluding carboxylic acids is 2. The summed E-state index contributed by atoms with van der Waals surface area (Å²) in [5.41, 5.74) is 4.51. The predicted molar refractivity (Wildman–Crippen MR) is 127 cm³/mol. The lowest BCUT2D eigenvalue weighted by Gasteiger charge is -2.25. The molecule has 0 saturated heterocycles. The second-order valence-corrected chi connectivity index (χ2v) is 8.85. The fourth-order valence-corrected chi connectivity index (χ4v) is 4.19. The molecular formula is C26H32N2O6. The van der Waals surface area contributed by atoms with Gasteiger partial charge in [-0.2, -0.15) is 0 Å². The van der Waals surface area contributed by atoms with Crippen LogP contribution in [0.5, 0.6) is 0 Å².